The maximum Gasteiger partial charge on any atom is 0.246 e. The van der Waals surface area contributed by atoms with Crippen LogP contribution in [-0.2, 0) is 27.2 Å². The average molecular weight is 439 g/mol. The molecular weight excluding hydrogens is 407 g/mol. The molecule has 2 aromatic carbocycles. The van der Waals surface area contributed by atoms with Gasteiger partial charge in [0, 0.05) is 24.1 Å². The number of likely N-dealkylation sites (tertiary alicyclic amines) is 1. The largest absolute Gasteiger partial charge is 0.369 e. The van der Waals surface area contributed by atoms with Crippen molar-refractivity contribution in [2.24, 2.45) is 0 Å². The van der Waals surface area contributed by atoms with Crippen LogP contribution in [0.25, 0.3) is 11.1 Å². The van der Waals surface area contributed by atoms with E-state index in [9.17, 15) is 9.59 Å². The highest BCUT2D eigenvalue weighted by molar-refractivity contribution is 5.79. The second-order valence-electron chi connectivity index (χ2n) is 9.13. The van der Waals surface area contributed by atoms with Gasteiger partial charge in [-0.05, 0) is 56.3 Å². The number of nitrogens with one attached hydrogen (secondary N) is 1. The first-order valence-electron chi connectivity index (χ1n) is 11.3. The minimum atomic E-state index is -0.501. The van der Waals surface area contributed by atoms with Gasteiger partial charge in [0.1, 0.15) is 18.7 Å². The molecule has 6 heteroatoms. The molecule has 0 aromatic heterocycles. The summed E-state index contributed by atoms with van der Waals surface area (Å²) in [7, 11) is 2.04. The normalized spacial score (nSPS) is 25.8. The van der Waals surface area contributed by atoms with Gasteiger partial charge in [-0.2, -0.15) is 0 Å². The van der Waals surface area contributed by atoms with Crippen molar-refractivity contribution in [2.45, 2.75) is 56.7 Å². The summed E-state index contributed by atoms with van der Waals surface area (Å²) >= 11 is 0. The van der Waals surface area contributed by atoms with Crippen molar-refractivity contribution in [3.63, 3.8) is 0 Å². The predicted molar refractivity (Wildman–Crippen MR) is 122 cm³/mol. The molecule has 1 N–H and O–H groups in total. The number of carbonyl (C=O) groups excluding carboxylic acids is 2. The zero-order valence-electron chi connectivity index (χ0n) is 18.8. The second-order valence-corrected chi connectivity index (χ2v) is 9.13. The highest BCUT2D eigenvalue weighted by atomic mass is 19.1. The molecule has 5 nitrogen and oxygen atoms in total. The SMILES string of the molecule is CC1CC2(COCC(=O)N2)C(Cc2cccc(-c3ccccc3CCCC=O)c2F)N1C. The number of aryl methyl sites for hydroxylation is 1. The van der Waals surface area contributed by atoms with Gasteiger partial charge in [0.15, 0.2) is 0 Å². The molecule has 2 fully saturated rings. The number of benzene rings is 2. The van der Waals surface area contributed by atoms with E-state index in [1.165, 1.54) is 0 Å². The number of halogens is 1. The van der Waals surface area contributed by atoms with E-state index in [1.807, 2.05) is 49.5 Å². The monoisotopic (exact) mass is 438 g/mol. The smallest absolute Gasteiger partial charge is 0.246 e. The second kappa shape index (κ2) is 9.51. The van der Waals surface area contributed by atoms with E-state index >= 15 is 4.39 Å². The molecule has 2 aliphatic rings. The van der Waals surface area contributed by atoms with Gasteiger partial charge in [-0.25, -0.2) is 4.39 Å². The number of carbonyl (C=O) groups is 2. The summed E-state index contributed by atoms with van der Waals surface area (Å²) in [6.07, 6.45) is 4.16. The number of likely N-dealkylation sites (N-methyl/N-ethyl adjacent to an activating group) is 1. The number of amides is 1. The Morgan fingerprint density at radius 1 is 1.19 bits per heavy atom. The van der Waals surface area contributed by atoms with E-state index in [1.54, 1.807) is 0 Å². The maximum atomic E-state index is 15.8. The molecule has 2 aliphatic heterocycles. The Hall–Kier alpha value is -2.57. The zero-order valence-corrected chi connectivity index (χ0v) is 18.8. The first-order valence-corrected chi connectivity index (χ1v) is 11.3. The molecule has 2 saturated heterocycles. The molecule has 4 rings (SSSR count). The van der Waals surface area contributed by atoms with Gasteiger partial charge in [0.05, 0.1) is 12.1 Å². The van der Waals surface area contributed by atoms with Crippen LogP contribution in [0, 0.1) is 5.82 Å². The molecule has 0 saturated carbocycles. The molecule has 1 spiro atoms. The van der Waals surface area contributed by atoms with Crippen molar-refractivity contribution in [2.75, 3.05) is 20.3 Å². The molecule has 0 bridgehead atoms. The summed E-state index contributed by atoms with van der Waals surface area (Å²) in [6.45, 7) is 2.65. The minimum Gasteiger partial charge on any atom is -0.369 e. The molecule has 32 heavy (non-hydrogen) atoms. The molecule has 2 heterocycles. The molecule has 3 atom stereocenters. The van der Waals surface area contributed by atoms with Crippen molar-refractivity contribution >= 4 is 12.2 Å². The molecule has 0 radical (unpaired) electrons. The topological polar surface area (TPSA) is 58.6 Å². The Kier molecular flexibility index (Phi) is 6.72. The fraction of sp³-hybridized carbons (Fsp3) is 0.462. The van der Waals surface area contributed by atoms with E-state index in [4.69, 9.17) is 4.74 Å². The number of hydrogen-bond acceptors (Lipinski definition) is 4. The Balaban J connectivity index is 1.65. The Labute approximate surface area is 188 Å². The van der Waals surface area contributed by atoms with E-state index in [2.05, 4.69) is 17.1 Å². The summed E-state index contributed by atoms with van der Waals surface area (Å²) in [5.74, 6) is -0.330. The summed E-state index contributed by atoms with van der Waals surface area (Å²) in [4.78, 5) is 25.1. The molecule has 0 aliphatic carbocycles. The number of rotatable bonds is 7. The van der Waals surface area contributed by atoms with E-state index < -0.39 is 5.54 Å². The number of hydrogen-bond donors (Lipinski definition) is 1. The summed E-state index contributed by atoms with van der Waals surface area (Å²) < 4.78 is 21.5. The maximum absolute atomic E-state index is 15.8. The highest BCUT2D eigenvalue weighted by Gasteiger charge is 2.52. The third kappa shape index (κ3) is 4.34. The third-order valence-corrected chi connectivity index (χ3v) is 7.03. The third-order valence-electron chi connectivity index (χ3n) is 7.03. The van der Waals surface area contributed by atoms with Gasteiger partial charge < -0.3 is 14.8 Å². The lowest BCUT2D eigenvalue weighted by Gasteiger charge is -2.40. The predicted octanol–water partition coefficient (Wildman–Crippen LogP) is 3.53. The standard InChI is InChI=1S/C26H31FN2O3/c1-18-15-26(17-32-16-24(31)28-26)23(29(18)2)14-20-10-7-12-22(25(20)27)21-11-4-3-8-19(21)9-5-6-13-30/h3-4,7-8,10-13,18,23H,5-6,9,14-17H2,1-2H3,(H,28,31). The molecule has 1 amide bonds. The summed E-state index contributed by atoms with van der Waals surface area (Å²) in [5, 5.41) is 3.17. The summed E-state index contributed by atoms with van der Waals surface area (Å²) in [5.41, 5.74) is 2.63. The van der Waals surface area contributed by atoms with Crippen LogP contribution in [0.3, 0.4) is 0 Å². The van der Waals surface area contributed by atoms with Gasteiger partial charge >= 0.3 is 0 Å². The highest BCUT2D eigenvalue weighted by Crippen LogP contribution is 2.37. The van der Waals surface area contributed by atoms with Crippen molar-refractivity contribution in [1.82, 2.24) is 10.2 Å². The lowest BCUT2D eigenvalue weighted by atomic mass is 9.84. The van der Waals surface area contributed by atoms with Gasteiger partial charge in [0.2, 0.25) is 5.91 Å². The van der Waals surface area contributed by atoms with Gasteiger partial charge in [-0.1, -0.05) is 42.5 Å². The van der Waals surface area contributed by atoms with Crippen LogP contribution in [0.5, 0.6) is 0 Å². The van der Waals surface area contributed by atoms with Crippen LogP contribution in [0.4, 0.5) is 4.39 Å². The van der Waals surface area contributed by atoms with E-state index in [0.29, 0.717) is 30.6 Å². The van der Waals surface area contributed by atoms with Crippen LogP contribution < -0.4 is 5.32 Å². The zero-order chi connectivity index (χ0) is 22.7. The lowest BCUT2D eigenvalue weighted by molar-refractivity contribution is -0.136. The number of unbranched alkanes of at least 4 members (excludes halogenated alkanes) is 1. The molecule has 2 aromatic rings. The van der Waals surface area contributed by atoms with Gasteiger partial charge in [-0.15, -0.1) is 0 Å². The number of nitrogens with zero attached hydrogens (tertiary/aromatic N) is 1. The van der Waals surface area contributed by atoms with Crippen molar-refractivity contribution < 1.29 is 18.7 Å². The first-order chi connectivity index (χ1) is 15.4. The van der Waals surface area contributed by atoms with Crippen LogP contribution in [0.15, 0.2) is 42.5 Å². The van der Waals surface area contributed by atoms with Crippen molar-refractivity contribution in [3.05, 3.63) is 59.4 Å². The fourth-order valence-corrected chi connectivity index (χ4v) is 5.34. The van der Waals surface area contributed by atoms with Crippen LogP contribution in [0.2, 0.25) is 0 Å². The van der Waals surface area contributed by atoms with Crippen LogP contribution in [-0.4, -0.2) is 55.0 Å². The Morgan fingerprint density at radius 2 is 1.94 bits per heavy atom. The minimum absolute atomic E-state index is 0.0608. The molecule has 3 unspecified atom stereocenters. The number of morpholine rings is 1. The van der Waals surface area contributed by atoms with Crippen LogP contribution in [0.1, 0.15) is 37.3 Å². The molecule has 170 valence electrons. The van der Waals surface area contributed by atoms with Crippen LogP contribution >= 0.6 is 0 Å². The lowest BCUT2D eigenvalue weighted by Crippen LogP contribution is -2.63. The van der Waals surface area contributed by atoms with Gasteiger partial charge in [-0.3, -0.25) is 9.69 Å². The van der Waals surface area contributed by atoms with Crippen molar-refractivity contribution in [3.8, 4) is 11.1 Å². The Bertz CT molecular complexity index is 995. The Morgan fingerprint density at radius 3 is 2.72 bits per heavy atom. The average Bonchev–Trinajstić information content (AvgIpc) is 2.99. The van der Waals surface area contributed by atoms with Crippen molar-refractivity contribution in [1.29, 1.82) is 0 Å². The summed E-state index contributed by atoms with van der Waals surface area (Å²) in [6, 6.07) is 13.6. The fourth-order valence-electron chi connectivity index (χ4n) is 5.34. The van der Waals surface area contributed by atoms with E-state index in [0.717, 1.165) is 36.7 Å². The van der Waals surface area contributed by atoms with Gasteiger partial charge in [0.25, 0.3) is 0 Å². The molecular formula is C26H31FN2O3. The quantitative estimate of drug-likeness (QED) is 0.531. The number of ether oxygens (including phenoxy) is 1. The first kappa shape index (κ1) is 22.6. The van der Waals surface area contributed by atoms with E-state index in [-0.39, 0.29) is 30.4 Å². The number of aldehydes is 1.